The maximum absolute atomic E-state index is 12.0. The second-order valence-corrected chi connectivity index (χ2v) is 5.44. The number of aromatic nitrogens is 2. The van der Waals surface area contributed by atoms with Crippen molar-refractivity contribution in [3.05, 3.63) is 53.9 Å². The van der Waals surface area contributed by atoms with E-state index in [1.807, 2.05) is 0 Å². The van der Waals surface area contributed by atoms with Crippen LogP contribution in [0, 0.1) is 0 Å². The Morgan fingerprint density at radius 1 is 1.33 bits per heavy atom. The first-order valence-corrected chi connectivity index (χ1v) is 6.70. The number of carbonyl (C=O) groups is 1. The fourth-order valence-electron chi connectivity index (χ4n) is 1.43. The van der Waals surface area contributed by atoms with E-state index in [1.54, 1.807) is 11.4 Å². The van der Waals surface area contributed by atoms with Crippen LogP contribution in [0.2, 0.25) is 0 Å². The maximum atomic E-state index is 12.0. The molecule has 5 nitrogen and oxygen atoms in total. The molecule has 0 amide bonds. The molecule has 0 aromatic carbocycles. The molecule has 0 saturated carbocycles. The first-order chi connectivity index (χ1) is 8.50. The van der Waals surface area contributed by atoms with Crippen LogP contribution in [-0.2, 0) is 13.6 Å². The summed E-state index contributed by atoms with van der Waals surface area (Å²) in [5.74, 6) is -0.202. The predicted octanol–water partition coefficient (Wildman–Crippen LogP) is 1.25. The Kier molecular flexibility index (Phi) is 3.63. The number of hydrogen-bond acceptors (Lipinski definition) is 4. The fraction of sp³-hybridized carbons (Fsp3) is 0.182. The molecule has 2 heterocycles. The van der Waals surface area contributed by atoms with E-state index >= 15 is 0 Å². The van der Waals surface area contributed by atoms with Crippen LogP contribution >= 0.6 is 27.3 Å². The van der Waals surface area contributed by atoms with Gasteiger partial charge in [-0.2, -0.15) is 0 Å². The second kappa shape index (κ2) is 5.03. The zero-order chi connectivity index (χ0) is 13.3. The van der Waals surface area contributed by atoms with Gasteiger partial charge in [-0.15, -0.1) is 11.3 Å². The molecule has 0 unspecified atom stereocenters. The molecule has 18 heavy (non-hydrogen) atoms. The number of aryl methyl sites for hydroxylation is 1. The Hall–Kier alpha value is -1.47. The van der Waals surface area contributed by atoms with Gasteiger partial charge in [0.2, 0.25) is 0 Å². The Balaban J connectivity index is 2.34. The van der Waals surface area contributed by atoms with Crippen LogP contribution in [0.4, 0.5) is 0 Å². The number of ketones is 1. The van der Waals surface area contributed by atoms with Gasteiger partial charge in [-0.05, 0) is 27.4 Å². The van der Waals surface area contributed by atoms with Crippen LogP contribution in [0.5, 0.6) is 0 Å². The van der Waals surface area contributed by atoms with E-state index in [9.17, 15) is 14.4 Å². The van der Waals surface area contributed by atoms with E-state index in [2.05, 4.69) is 15.9 Å². The van der Waals surface area contributed by atoms with Gasteiger partial charge in [-0.1, -0.05) is 0 Å². The van der Waals surface area contributed by atoms with Gasteiger partial charge in [0.15, 0.2) is 5.78 Å². The topological polar surface area (TPSA) is 61.1 Å². The zero-order valence-electron chi connectivity index (χ0n) is 9.42. The third-order valence-electron chi connectivity index (χ3n) is 2.42. The van der Waals surface area contributed by atoms with Gasteiger partial charge in [0.1, 0.15) is 0 Å². The molecule has 0 spiro atoms. The van der Waals surface area contributed by atoms with Gasteiger partial charge in [0, 0.05) is 23.9 Å². The smallest absolute Gasteiger partial charge is 0.312 e. The highest BCUT2D eigenvalue weighted by atomic mass is 79.9. The van der Waals surface area contributed by atoms with Crippen LogP contribution in [0.1, 0.15) is 9.67 Å². The highest BCUT2D eigenvalue weighted by molar-refractivity contribution is 9.10. The lowest BCUT2D eigenvalue weighted by molar-refractivity contribution is 0.0974. The van der Waals surface area contributed by atoms with Gasteiger partial charge in [0.05, 0.1) is 11.4 Å². The highest BCUT2D eigenvalue weighted by Gasteiger charge is 2.13. The van der Waals surface area contributed by atoms with Gasteiger partial charge in [-0.25, -0.2) is 0 Å². The number of thiophene rings is 1. The van der Waals surface area contributed by atoms with Crippen molar-refractivity contribution >= 4 is 33.0 Å². The molecule has 2 aromatic rings. The SMILES string of the molecule is Cn1ccn(CC(=O)c2sccc2Br)c(=O)c1=O. The van der Waals surface area contributed by atoms with Crippen molar-refractivity contribution in [1.29, 1.82) is 0 Å². The molecular formula is C11H9BrN2O3S. The van der Waals surface area contributed by atoms with Gasteiger partial charge in [-0.3, -0.25) is 14.4 Å². The second-order valence-electron chi connectivity index (χ2n) is 3.67. The van der Waals surface area contributed by atoms with E-state index in [4.69, 9.17) is 0 Å². The zero-order valence-corrected chi connectivity index (χ0v) is 11.8. The van der Waals surface area contributed by atoms with Crippen molar-refractivity contribution in [3.8, 4) is 0 Å². The molecule has 7 heteroatoms. The summed E-state index contributed by atoms with van der Waals surface area (Å²) < 4.78 is 3.01. The molecule has 94 valence electrons. The van der Waals surface area contributed by atoms with Crippen molar-refractivity contribution in [2.24, 2.45) is 7.05 Å². The summed E-state index contributed by atoms with van der Waals surface area (Å²) in [5.41, 5.74) is -1.34. The summed E-state index contributed by atoms with van der Waals surface area (Å²) in [5, 5.41) is 1.78. The van der Waals surface area contributed by atoms with E-state index < -0.39 is 11.1 Å². The fourth-order valence-corrected chi connectivity index (χ4v) is 2.96. The van der Waals surface area contributed by atoms with E-state index in [-0.39, 0.29) is 12.3 Å². The van der Waals surface area contributed by atoms with Crippen molar-refractivity contribution < 1.29 is 4.79 Å². The lowest BCUT2D eigenvalue weighted by atomic mass is 10.3. The van der Waals surface area contributed by atoms with Crippen LogP contribution in [0.3, 0.4) is 0 Å². The molecular weight excluding hydrogens is 320 g/mol. The standard InChI is InChI=1S/C11H9BrN2O3S/c1-13-3-4-14(11(17)10(13)16)6-8(15)9-7(12)2-5-18-9/h2-5H,6H2,1H3. The normalized spacial score (nSPS) is 10.6. The summed E-state index contributed by atoms with van der Waals surface area (Å²) in [6.07, 6.45) is 2.89. The predicted molar refractivity (Wildman–Crippen MR) is 72.3 cm³/mol. The number of halogens is 1. The summed E-state index contributed by atoms with van der Waals surface area (Å²) in [6, 6.07) is 1.77. The molecule has 0 aliphatic carbocycles. The molecule has 2 rings (SSSR count). The quantitative estimate of drug-likeness (QED) is 0.629. The average Bonchev–Trinajstić information content (AvgIpc) is 2.76. The maximum Gasteiger partial charge on any atom is 0.316 e. The van der Waals surface area contributed by atoms with Crippen LogP contribution < -0.4 is 11.1 Å². The lowest BCUT2D eigenvalue weighted by Gasteiger charge is -2.04. The molecule has 0 fully saturated rings. The monoisotopic (exact) mass is 328 g/mol. The van der Waals surface area contributed by atoms with E-state index in [1.165, 1.54) is 35.3 Å². The van der Waals surface area contributed by atoms with E-state index in [0.717, 1.165) is 4.57 Å². The third-order valence-corrected chi connectivity index (χ3v) is 4.30. The molecule has 0 aliphatic heterocycles. The number of Topliss-reactive ketones (excluding diaryl/α,β-unsaturated/α-hetero) is 1. The third kappa shape index (κ3) is 2.37. The minimum absolute atomic E-state index is 0.131. The largest absolute Gasteiger partial charge is 0.316 e. The van der Waals surface area contributed by atoms with Crippen molar-refractivity contribution in [1.82, 2.24) is 9.13 Å². The molecule has 0 aliphatic rings. The molecule has 0 N–H and O–H groups in total. The summed E-state index contributed by atoms with van der Waals surface area (Å²) >= 11 is 4.56. The Bertz CT molecular complexity index is 714. The molecule has 0 bridgehead atoms. The number of hydrogen-bond donors (Lipinski definition) is 0. The van der Waals surface area contributed by atoms with Crippen molar-refractivity contribution in [2.75, 3.05) is 0 Å². The highest BCUT2D eigenvalue weighted by Crippen LogP contribution is 2.23. The first kappa shape index (κ1) is 13.0. The Morgan fingerprint density at radius 2 is 2.06 bits per heavy atom. The average molecular weight is 329 g/mol. The van der Waals surface area contributed by atoms with Gasteiger partial charge >= 0.3 is 11.1 Å². The number of rotatable bonds is 3. The number of nitrogens with zero attached hydrogens (tertiary/aromatic N) is 2. The van der Waals surface area contributed by atoms with Gasteiger partial charge in [0.25, 0.3) is 0 Å². The van der Waals surface area contributed by atoms with Crippen LogP contribution in [-0.4, -0.2) is 14.9 Å². The summed E-state index contributed by atoms with van der Waals surface area (Å²) in [6.45, 7) is -0.131. The van der Waals surface area contributed by atoms with Crippen LogP contribution in [0.15, 0.2) is 37.9 Å². The van der Waals surface area contributed by atoms with Crippen molar-refractivity contribution in [3.63, 3.8) is 0 Å². The van der Waals surface area contributed by atoms with Crippen molar-refractivity contribution in [2.45, 2.75) is 6.54 Å². The Morgan fingerprint density at radius 3 is 2.67 bits per heavy atom. The summed E-state index contributed by atoms with van der Waals surface area (Å²) in [4.78, 5) is 35.6. The van der Waals surface area contributed by atoms with E-state index in [0.29, 0.717) is 9.35 Å². The minimum Gasteiger partial charge on any atom is -0.312 e. The number of carbonyl (C=O) groups excluding carboxylic acids is 1. The molecule has 0 saturated heterocycles. The lowest BCUT2D eigenvalue weighted by Crippen LogP contribution is -2.40. The molecule has 0 radical (unpaired) electrons. The molecule has 0 atom stereocenters. The Labute approximate surface area is 114 Å². The minimum atomic E-state index is -0.693. The molecule has 2 aromatic heterocycles. The van der Waals surface area contributed by atoms with Gasteiger partial charge < -0.3 is 9.13 Å². The summed E-state index contributed by atoms with van der Waals surface area (Å²) in [7, 11) is 1.49. The van der Waals surface area contributed by atoms with Crippen LogP contribution in [0.25, 0.3) is 0 Å². The first-order valence-electron chi connectivity index (χ1n) is 5.03.